The van der Waals surface area contributed by atoms with E-state index in [-0.39, 0.29) is 12.2 Å². The molecule has 0 radical (unpaired) electrons. The third kappa shape index (κ3) is 6.84. The molecule has 0 bridgehead atoms. The Balaban J connectivity index is 1.31. The molecule has 2 saturated heterocycles. The molecule has 2 fully saturated rings. The van der Waals surface area contributed by atoms with Crippen LogP contribution in [0.2, 0.25) is 0 Å². The number of benzene rings is 2. The highest BCUT2D eigenvalue weighted by molar-refractivity contribution is 5.88. The summed E-state index contributed by atoms with van der Waals surface area (Å²) in [5.41, 5.74) is 11.2. The van der Waals surface area contributed by atoms with E-state index in [0.717, 1.165) is 61.9 Å². The number of aryl methyl sites for hydroxylation is 3. The summed E-state index contributed by atoms with van der Waals surface area (Å²) in [6, 6.07) is 11.5. The highest BCUT2D eigenvalue weighted by Gasteiger charge is 2.21. The van der Waals surface area contributed by atoms with Gasteiger partial charge in [0, 0.05) is 47.5 Å². The monoisotopic (exact) mass is 596 g/mol. The zero-order chi connectivity index (χ0) is 30.6. The second-order valence-electron chi connectivity index (χ2n) is 13.2. The van der Waals surface area contributed by atoms with Crippen molar-refractivity contribution in [2.75, 3.05) is 26.4 Å². The molecular formula is C38H48N2O4. The van der Waals surface area contributed by atoms with Crippen LogP contribution in [0, 0.1) is 0 Å². The molecule has 6 nitrogen and oxygen atoms in total. The van der Waals surface area contributed by atoms with E-state index in [1.54, 1.807) is 0 Å². The maximum absolute atomic E-state index is 6.39. The molecule has 234 valence electrons. The lowest BCUT2D eigenvalue weighted by atomic mass is 9.88. The molecule has 0 N–H and O–H groups in total. The molecule has 0 saturated carbocycles. The summed E-state index contributed by atoms with van der Waals surface area (Å²) >= 11 is 0. The van der Waals surface area contributed by atoms with Gasteiger partial charge in [0.2, 0.25) is 0 Å². The Hall–Kier alpha value is -2.90. The van der Waals surface area contributed by atoms with Gasteiger partial charge in [-0.1, -0.05) is 46.8 Å². The summed E-state index contributed by atoms with van der Waals surface area (Å²) in [6.45, 7) is 15.5. The fourth-order valence-corrected chi connectivity index (χ4v) is 6.72. The van der Waals surface area contributed by atoms with Crippen LogP contribution in [0.1, 0.15) is 98.2 Å². The Morgan fingerprint density at radius 3 is 2.09 bits per heavy atom. The topological polar surface area (TPSA) is 62.7 Å². The van der Waals surface area contributed by atoms with E-state index < -0.39 is 0 Å². The molecule has 0 aliphatic carbocycles. The van der Waals surface area contributed by atoms with Crippen molar-refractivity contribution >= 4 is 21.8 Å². The fraction of sp³-hybridized carbons (Fsp3) is 0.526. The number of pyridine rings is 2. The van der Waals surface area contributed by atoms with E-state index in [9.17, 15) is 0 Å². The van der Waals surface area contributed by atoms with Gasteiger partial charge in [0.05, 0.1) is 43.6 Å². The van der Waals surface area contributed by atoms with Crippen molar-refractivity contribution in [2.24, 2.45) is 0 Å². The zero-order valence-corrected chi connectivity index (χ0v) is 27.2. The summed E-state index contributed by atoms with van der Waals surface area (Å²) < 4.78 is 23.5. The van der Waals surface area contributed by atoms with Crippen LogP contribution in [0.3, 0.4) is 0 Å². The Bertz CT molecular complexity index is 1590. The largest absolute Gasteiger partial charge is 0.381 e. The molecule has 2 aliphatic rings. The van der Waals surface area contributed by atoms with Crippen LogP contribution in [-0.2, 0) is 51.4 Å². The summed E-state index contributed by atoms with van der Waals surface area (Å²) in [5.74, 6) is 0.799. The van der Waals surface area contributed by atoms with Crippen molar-refractivity contribution in [3.05, 3.63) is 81.7 Å². The third-order valence-electron chi connectivity index (χ3n) is 9.27. The van der Waals surface area contributed by atoms with Gasteiger partial charge in [-0.15, -0.1) is 0 Å². The van der Waals surface area contributed by atoms with E-state index in [1.807, 2.05) is 6.20 Å². The van der Waals surface area contributed by atoms with Gasteiger partial charge in [-0.3, -0.25) is 9.97 Å². The van der Waals surface area contributed by atoms with Crippen molar-refractivity contribution in [3.8, 4) is 0 Å². The van der Waals surface area contributed by atoms with E-state index >= 15 is 0 Å². The van der Waals surface area contributed by atoms with Crippen molar-refractivity contribution in [3.63, 3.8) is 0 Å². The average Bonchev–Trinajstić information content (AvgIpc) is 3.01. The first-order chi connectivity index (χ1) is 21.4. The number of rotatable bonds is 12. The molecule has 2 aromatic carbocycles. The summed E-state index contributed by atoms with van der Waals surface area (Å²) in [5, 5.41) is 2.52. The van der Waals surface area contributed by atoms with E-state index in [4.69, 9.17) is 28.9 Å². The van der Waals surface area contributed by atoms with Crippen molar-refractivity contribution in [1.29, 1.82) is 0 Å². The smallest absolute Gasteiger partial charge is 0.105 e. The van der Waals surface area contributed by atoms with Gasteiger partial charge in [0.25, 0.3) is 0 Å². The van der Waals surface area contributed by atoms with Crippen LogP contribution in [-0.4, -0.2) is 48.6 Å². The minimum atomic E-state index is 0.180. The van der Waals surface area contributed by atoms with Crippen molar-refractivity contribution in [1.82, 2.24) is 9.97 Å². The molecule has 0 amide bonds. The Kier molecular flexibility index (Phi) is 9.92. The number of aromatic nitrogens is 2. The SMILES string of the molecule is CCc1cc(COC2CCOCC2)c2ncc(CCc3cc(COC4COC4)c4nccc(C(C)C)c4c3)c(C(C)C)c2c1. The average molecular weight is 597 g/mol. The number of hydrogen-bond acceptors (Lipinski definition) is 6. The second kappa shape index (κ2) is 14.0. The molecule has 4 heterocycles. The number of hydrogen-bond donors (Lipinski definition) is 0. The molecule has 2 aliphatic heterocycles. The molecule has 0 unspecified atom stereocenters. The van der Waals surface area contributed by atoms with E-state index in [1.165, 1.54) is 44.2 Å². The van der Waals surface area contributed by atoms with Crippen LogP contribution in [0.5, 0.6) is 0 Å². The highest BCUT2D eigenvalue weighted by atomic mass is 16.6. The van der Waals surface area contributed by atoms with Gasteiger partial charge >= 0.3 is 0 Å². The first kappa shape index (κ1) is 31.1. The number of fused-ring (bicyclic) bond motifs is 2. The van der Waals surface area contributed by atoms with Gasteiger partial charge in [0.1, 0.15) is 6.10 Å². The highest BCUT2D eigenvalue weighted by Crippen LogP contribution is 2.33. The van der Waals surface area contributed by atoms with Crippen LogP contribution < -0.4 is 0 Å². The first-order valence-corrected chi connectivity index (χ1v) is 16.6. The van der Waals surface area contributed by atoms with E-state index in [2.05, 4.69) is 71.1 Å². The molecular weight excluding hydrogens is 548 g/mol. The standard InChI is InChI=1S/C38H48N2O4/c1-6-26-15-29(20-43-31-10-13-41-14-11-31)38-35(17-26)36(25(4)5)28(19-40-38)8-7-27-16-30(21-44-32-22-42-23-32)37-34(18-27)33(24(2)3)9-12-39-37/h9,12,15-19,24-25,31-32H,6-8,10-11,13-14,20-23H2,1-5H3. The Morgan fingerprint density at radius 1 is 0.750 bits per heavy atom. The van der Waals surface area contributed by atoms with Gasteiger partial charge in [0.15, 0.2) is 0 Å². The summed E-state index contributed by atoms with van der Waals surface area (Å²) in [7, 11) is 0. The van der Waals surface area contributed by atoms with E-state index in [0.29, 0.717) is 38.3 Å². The lowest BCUT2D eigenvalue weighted by molar-refractivity contribution is -0.135. The summed E-state index contributed by atoms with van der Waals surface area (Å²) in [6.07, 6.45) is 9.29. The maximum atomic E-state index is 6.39. The van der Waals surface area contributed by atoms with Crippen LogP contribution in [0.15, 0.2) is 42.7 Å². The molecule has 0 atom stereocenters. The molecule has 6 heteroatoms. The molecule has 6 rings (SSSR count). The first-order valence-electron chi connectivity index (χ1n) is 16.6. The number of nitrogens with zero attached hydrogens (tertiary/aromatic N) is 2. The molecule has 44 heavy (non-hydrogen) atoms. The lowest BCUT2D eigenvalue weighted by Crippen LogP contribution is -2.35. The van der Waals surface area contributed by atoms with Crippen molar-refractivity contribution in [2.45, 2.75) is 104 Å². The summed E-state index contributed by atoms with van der Waals surface area (Å²) in [4.78, 5) is 9.91. The van der Waals surface area contributed by atoms with Crippen LogP contribution in [0.25, 0.3) is 21.8 Å². The fourth-order valence-electron chi connectivity index (χ4n) is 6.72. The number of ether oxygens (including phenoxy) is 4. The maximum Gasteiger partial charge on any atom is 0.105 e. The van der Waals surface area contributed by atoms with Gasteiger partial charge in [-0.2, -0.15) is 0 Å². The predicted molar refractivity (Wildman–Crippen MR) is 176 cm³/mol. The molecule has 0 spiro atoms. The van der Waals surface area contributed by atoms with Crippen molar-refractivity contribution < 1.29 is 18.9 Å². The van der Waals surface area contributed by atoms with Crippen LogP contribution in [0.4, 0.5) is 0 Å². The van der Waals surface area contributed by atoms with Crippen LogP contribution >= 0.6 is 0 Å². The molecule has 2 aromatic heterocycles. The molecule has 4 aromatic rings. The minimum Gasteiger partial charge on any atom is -0.381 e. The van der Waals surface area contributed by atoms with Gasteiger partial charge < -0.3 is 18.9 Å². The Labute approximate surface area is 262 Å². The van der Waals surface area contributed by atoms with Gasteiger partial charge in [-0.25, -0.2) is 0 Å². The zero-order valence-electron chi connectivity index (χ0n) is 27.2. The minimum absolute atomic E-state index is 0.180. The normalized spacial score (nSPS) is 16.4. The third-order valence-corrected chi connectivity index (χ3v) is 9.27. The lowest BCUT2D eigenvalue weighted by Gasteiger charge is -2.26. The second-order valence-corrected chi connectivity index (χ2v) is 13.2. The van der Waals surface area contributed by atoms with Gasteiger partial charge in [-0.05, 0) is 90.0 Å². The predicted octanol–water partition coefficient (Wildman–Crippen LogP) is 7.99. The Morgan fingerprint density at radius 2 is 1.43 bits per heavy atom. The quantitative estimate of drug-likeness (QED) is 0.165.